The molecule has 0 saturated carbocycles. The van der Waals surface area contributed by atoms with Crippen molar-refractivity contribution in [3.8, 4) is 0 Å². The highest BCUT2D eigenvalue weighted by Gasteiger charge is 2.13. The third-order valence-corrected chi connectivity index (χ3v) is 2.77. The molecule has 0 bridgehead atoms. The number of nitrogens with one attached hydrogen (secondary N) is 1. The van der Waals surface area contributed by atoms with Gasteiger partial charge in [0.1, 0.15) is 0 Å². The van der Waals surface area contributed by atoms with Gasteiger partial charge in [-0.3, -0.25) is 4.79 Å². The van der Waals surface area contributed by atoms with Crippen LogP contribution in [-0.4, -0.2) is 12.5 Å². The molecule has 2 nitrogen and oxygen atoms in total. The number of carbonyl (C=O) groups is 1. The minimum absolute atomic E-state index is 0.0529. The Balaban J connectivity index is 2.37. The fourth-order valence-electron chi connectivity index (χ4n) is 1.63. The van der Waals surface area contributed by atoms with Gasteiger partial charge in [0.15, 0.2) is 0 Å². The van der Waals surface area contributed by atoms with Crippen molar-refractivity contribution < 1.29 is 4.79 Å². The Bertz CT molecular complexity index is 308. The molecule has 1 rings (SSSR count). The first-order chi connectivity index (χ1) is 7.75. The second-order valence-corrected chi connectivity index (χ2v) is 4.13. The first-order valence-corrected chi connectivity index (χ1v) is 6.08. The lowest BCUT2D eigenvalue weighted by Crippen LogP contribution is -2.28. The predicted octanol–water partition coefficient (Wildman–Crippen LogP) is 3.10. The molecule has 0 aliphatic carbocycles. The second-order valence-electron chi connectivity index (χ2n) is 4.13. The van der Waals surface area contributed by atoms with E-state index in [-0.39, 0.29) is 11.8 Å². The van der Waals surface area contributed by atoms with E-state index in [4.69, 9.17) is 0 Å². The predicted molar refractivity (Wildman–Crippen MR) is 67.4 cm³/mol. The monoisotopic (exact) mass is 219 g/mol. The zero-order valence-corrected chi connectivity index (χ0v) is 10.2. The molecular weight excluding hydrogens is 198 g/mol. The summed E-state index contributed by atoms with van der Waals surface area (Å²) in [7, 11) is 0. The minimum atomic E-state index is -0.0529. The summed E-state index contributed by atoms with van der Waals surface area (Å²) in [6.07, 6.45) is 3.44. The Labute approximate surface area is 98.1 Å². The molecule has 0 aliphatic rings. The highest BCUT2D eigenvalue weighted by atomic mass is 16.1. The lowest BCUT2D eigenvalue weighted by Gasteiger charge is -2.12. The van der Waals surface area contributed by atoms with Crippen LogP contribution >= 0.6 is 0 Å². The van der Waals surface area contributed by atoms with Gasteiger partial charge >= 0.3 is 0 Å². The molecule has 16 heavy (non-hydrogen) atoms. The molecule has 1 aromatic carbocycles. The summed E-state index contributed by atoms with van der Waals surface area (Å²) in [4.78, 5) is 11.8. The number of carbonyl (C=O) groups excluding carboxylic acids is 1. The van der Waals surface area contributed by atoms with Crippen molar-refractivity contribution in [3.05, 3.63) is 35.9 Å². The van der Waals surface area contributed by atoms with Crippen molar-refractivity contribution in [2.45, 2.75) is 39.0 Å². The van der Waals surface area contributed by atoms with Gasteiger partial charge in [-0.1, -0.05) is 50.1 Å². The van der Waals surface area contributed by atoms with Gasteiger partial charge in [-0.15, -0.1) is 0 Å². The SMILES string of the molecule is CCCCCNC(=O)C(C)c1ccccc1. The summed E-state index contributed by atoms with van der Waals surface area (Å²) in [5.74, 6) is 0.0742. The van der Waals surface area contributed by atoms with E-state index in [9.17, 15) is 4.79 Å². The van der Waals surface area contributed by atoms with Gasteiger partial charge in [0.2, 0.25) is 5.91 Å². The quantitative estimate of drug-likeness (QED) is 0.732. The van der Waals surface area contributed by atoms with Crippen LogP contribution in [0.5, 0.6) is 0 Å². The van der Waals surface area contributed by atoms with E-state index in [2.05, 4.69) is 12.2 Å². The average molecular weight is 219 g/mol. The van der Waals surface area contributed by atoms with E-state index in [0.29, 0.717) is 0 Å². The van der Waals surface area contributed by atoms with Crippen molar-refractivity contribution in [2.75, 3.05) is 6.54 Å². The Morgan fingerprint density at radius 2 is 1.94 bits per heavy atom. The lowest BCUT2D eigenvalue weighted by molar-refractivity contribution is -0.122. The van der Waals surface area contributed by atoms with Gasteiger partial charge in [-0.25, -0.2) is 0 Å². The normalized spacial score (nSPS) is 12.1. The average Bonchev–Trinajstić information content (AvgIpc) is 2.34. The maximum atomic E-state index is 11.8. The maximum absolute atomic E-state index is 11.8. The van der Waals surface area contributed by atoms with Gasteiger partial charge in [-0.05, 0) is 18.9 Å². The topological polar surface area (TPSA) is 29.1 Å². The Morgan fingerprint density at radius 1 is 1.25 bits per heavy atom. The highest BCUT2D eigenvalue weighted by Crippen LogP contribution is 2.14. The molecule has 0 radical (unpaired) electrons. The largest absolute Gasteiger partial charge is 0.356 e. The molecule has 0 aromatic heterocycles. The fraction of sp³-hybridized carbons (Fsp3) is 0.500. The van der Waals surface area contributed by atoms with Crippen LogP contribution in [-0.2, 0) is 4.79 Å². The molecule has 0 spiro atoms. The molecule has 0 saturated heterocycles. The Kier molecular flexibility index (Phi) is 5.62. The fourth-order valence-corrected chi connectivity index (χ4v) is 1.63. The smallest absolute Gasteiger partial charge is 0.227 e. The Hall–Kier alpha value is -1.31. The van der Waals surface area contributed by atoms with Crippen molar-refractivity contribution in [3.63, 3.8) is 0 Å². The number of amides is 1. The van der Waals surface area contributed by atoms with Gasteiger partial charge in [0.25, 0.3) is 0 Å². The van der Waals surface area contributed by atoms with Crippen molar-refractivity contribution in [1.29, 1.82) is 0 Å². The summed E-state index contributed by atoms with van der Waals surface area (Å²) >= 11 is 0. The molecule has 1 unspecified atom stereocenters. The summed E-state index contributed by atoms with van der Waals surface area (Å²) in [5.41, 5.74) is 1.08. The lowest BCUT2D eigenvalue weighted by atomic mass is 10.0. The molecule has 88 valence electrons. The van der Waals surface area contributed by atoms with Crippen molar-refractivity contribution in [2.24, 2.45) is 0 Å². The van der Waals surface area contributed by atoms with Crippen LogP contribution in [0, 0.1) is 0 Å². The molecule has 0 heterocycles. The van der Waals surface area contributed by atoms with Crippen molar-refractivity contribution in [1.82, 2.24) is 5.32 Å². The molecule has 1 aromatic rings. The third kappa shape index (κ3) is 4.05. The van der Waals surface area contributed by atoms with E-state index >= 15 is 0 Å². The van der Waals surface area contributed by atoms with Crippen LogP contribution in [0.25, 0.3) is 0 Å². The molecule has 1 atom stereocenters. The van der Waals surface area contributed by atoms with Gasteiger partial charge in [0.05, 0.1) is 5.92 Å². The molecule has 0 aliphatic heterocycles. The standard InChI is InChI=1S/C14H21NO/c1-3-4-8-11-15-14(16)12(2)13-9-6-5-7-10-13/h5-7,9-10,12H,3-4,8,11H2,1-2H3,(H,15,16). The summed E-state index contributed by atoms with van der Waals surface area (Å²) in [5, 5.41) is 2.98. The van der Waals surface area contributed by atoms with E-state index in [1.165, 1.54) is 12.8 Å². The summed E-state index contributed by atoms with van der Waals surface area (Å²) in [6.45, 7) is 4.91. The van der Waals surface area contributed by atoms with Crippen LogP contribution in [0.2, 0.25) is 0 Å². The molecular formula is C14H21NO. The number of rotatable bonds is 6. The van der Waals surface area contributed by atoms with Gasteiger partial charge in [-0.2, -0.15) is 0 Å². The van der Waals surface area contributed by atoms with E-state index in [1.54, 1.807) is 0 Å². The van der Waals surface area contributed by atoms with E-state index in [0.717, 1.165) is 18.5 Å². The van der Waals surface area contributed by atoms with Crippen LogP contribution < -0.4 is 5.32 Å². The van der Waals surface area contributed by atoms with Crippen LogP contribution in [0.3, 0.4) is 0 Å². The van der Waals surface area contributed by atoms with Gasteiger partial charge in [0, 0.05) is 6.54 Å². The first kappa shape index (κ1) is 12.8. The number of hydrogen-bond donors (Lipinski definition) is 1. The highest BCUT2D eigenvalue weighted by molar-refractivity contribution is 5.83. The van der Waals surface area contributed by atoms with Crippen LogP contribution in [0.15, 0.2) is 30.3 Å². The molecule has 0 fully saturated rings. The zero-order chi connectivity index (χ0) is 11.8. The first-order valence-electron chi connectivity index (χ1n) is 6.08. The van der Waals surface area contributed by atoms with Gasteiger partial charge < -0.3 is 5.32 Å². The van der Waals surface area contributed by atoms with Crippen LogP contribution in [0.1, 0.15) is 44.6 Å². The third-order valence-electron chi connectivity index (χ3n) is 2.77. The molecule has 2 heteroatoms. The number of unbranched alkanes of at least 4 members (excludes halogenated alkanes) is 2. The van der Waals surface area contributed by atoms with E-state index in [1.807, 2.05) is 37.3 Å². The number of benzene rings is 1. The summed E-state index contributed by atoms with van der Waals surface area (Å²) in [6, 6.07) is 9.90. The van der Waals surface area contributed by atoms with Crippen LogP contribution in [0.4, 0.5) is 0 Å². The van der Waals surface area contributed by atoms with Crippen molar-refractivity contribution >= 4 is 5.91 Å². The zero-order valence-electron chi connectivity index (χ0n) is 10.2. The second kappa shape index (κ2) is 7.04. The minimum Gasteiger partial charge on any atom is -0.356 e. The van der Waals surface area contributed by atoms with E-state index < -0.39 is 0 Å². The Morgan fingerprint density at radius 3 is 2.56 bits per heavy atom. The number of hydrogen-bond acceptors (Lipinski definition) is 1. The molecule has 1 amide bonds. The molecule has 1 N–H and O–H groups in total. The summed E-state index contributed by atoms with van der Waals surface area (Å²) < 4.78 is 0. The maximum Gasteiger partial charge on any atom is 0.227 e.